The summed E-state index contributed by atoms with van der Waals surface area (Å²) in [5, 5.41) is 2.94. The fourth-order valence-electron chi connectivity index (χ4n) is 4.27. The third kappa shape index (κ3) is 8.03. The molecule has 0 heterocycles. The molecule has 0 saturated heterocycles. The Morgan fingerprint density at radius 3 is 2.17 bits per heavy atom. The van der Waals surface area contributed by atoms with Crippen LogP contribution >= 0.6 is 0 Å². The molecule has 0 aromatic heterocycles. The molecule has 0 aliphatic heterocycles. The maximum Gasteiger partial charge on any atom is 0.264 e. The topological polar surface area (TPSA) is 105 Å². The number of anilines is 1. The number of para-hydroxylation sites is 2. The van der Waals surface area contributed by atoms with Crippen molar-refractivity contribution in [3.8, 4) is 11.5 Å². The highest BCUT2D eigenvalue weighted by atomic mass is 32.2. The van der Waals surface area contributed by atoms with Crippen molar-refractivity contribution in [1.29, 1.82) is 0 Å². The van der Waals surface area contributed by atoms with Gasteiger partial charge in [0.15, 0.2) is 0 Å². The lowest BCUT2D eigenvalue weighted by molar-refractivity contribution is -0.139. The summed E-state index contributed by atoms with van der Waals surface area (Å²) in [6.07, 6.45) is 0.724. The van der Waals surface area contributed by atoms with Crippen molar-refractivity contribution < 1.29 is 27.5 Å². The van der Waals surface area contributed by atoms with Gasteiger partial charge in [0.05, 0.1) is 24.3 Å². The van der Waals surface area contributed by atoms with E-state index < -0.39 is 28.5 Å². The van der Waals surface area contributed by atoms with Crippen molar-refractivity contribution in [1.82, 2.24) is 10.2 Å². The zero-order valence-corrected chi connectivity index (χ0v) is 26.0. The van der Waals surface area contributed by atoms with Crippen LogP contribution in [0.4, 0.5) is 5.69 Å². The van der Waals surface area contributed by atoms with Crippen molar-refractivity contribution >= 4 is 27.5 Å². The smallest absolute Gasteiger partial charge is 0.264 e. The summed E-state index contributed by atoms with van der Waals surface area (Å²) in [7, 11) is -2.64. The molecule has 0 aliphatic carbocycles. The third-order valence-corrected chi connectivity index (χ3v) is 8.78. The van der Waals surface area contributed by atoms with Crippen molar-refractivity contribution in [2.24, 2.45) is 0 Å². The van der Waals surface area contributed by atoms with Crippen LogP contribution in [0.5, 0.6) is 11.5 Å². The van der Waals surface area contributed by atoms with Crippen LogP contribution in [0, 0.1) is 6.92 Å². The first-order chi connectivity index (χ1) is 20.0. The number of nitrogens with one attached hydrogen (secondary N) is 1. The molecule has 0 fully saturated rings. The Labute approximate surface area is 249 Å². The van der Waals surface area contributed by atoms with E-state index in [-0.39, 0.29) is 29.1 Å². The Kier molecular flexibility index (Phi) is 11.4. The first-order valence-electron chi connectivity index (χ1n) is 14.1. The van der Waals surface area contributed by atoms with Crippen molar-refractivity contribution in [2.75, 3.05) is 24.6 Å². The Morgan fingerprint density at radius 2 is 1.57 bits per heavy atom. The van der Waals surface area contributed by atoms with E-state index in [1.807, 2.05) is 32.9 Å². The minimum Gasteiger partial charge on any atom is -0.497 e. The second-order valence-electron chi connectivity index (χ2n) is 10.1. The molecule has 0 saturated carbocycles. The lowest BCUT2D eigenvalue weighted by atomic mass is 10.1. The number of methoxy groups -OCH3 is 1. The SMILES string of the molecule is CCOc1ccccc1N(CC(=O)N(Cc1ccc(OC)cc1)[C@H](C)C(=O)N[C@@H](C)CC)S(=O)(=O)c1ccc(C)cc1. The van der Waals surface area contributed by atoms with E-state index in [4.69, 9.17) is 9.47 Å². The van der Waals surface area contributed by atoms with Crippen LogP contribution in [-0.2, 0) is 26.2 Å². The average Bonchev–Trinajstić information content (AvgIpc) is 2.99. The van der Waals surface area contributed by atoms with Crippen LogP contribution in [-0.4, -0.2) is 57.5 Å². The summed E-state index contributed by atoms with van der Waals surface area (Å²) in [5.74, 6) is 0.114. The number of ether oxygens (including phenoxy) is 2. The molecule has 1 N–H and O–H groups in total. The normalized spacial score (nSPS) is 12.6. The zero-order chi connectivity index (χ0) is 30.9. The van der Waals surface area contributed by atoms with Gasteiger partial charge in [0, 0.05) is 12.6 Å². The second kappa shape index (κ2) is 14.7. The van der Waals surface area contributed by atoms with Crippen LogP contribution in [0.15, 0.2) is 77.7 Å². The summed E-state index contributed by atoms with van der Waals surface area (Å²) in [5.41, 5.74) is 1.89. The Morgan fingerprint density at radius 1 is 0.929 bits per heavy atom. The first-order valence-corrected chi connectivity index (χ1v) is 15.5. The molecule has 226 valence electrons. The van der Waals surface area contributed by atoms with Gasteiger partial charge < -0.3 is 19.7 Å². The predicted octanol–water partition coefficient (Wildman–Crippen LogP) is 4.93. The number of carbonyl (C=O) groups excluding carboxylic acids is 2. The number of rotatable bonds is 14. The summed E-state index contributed by atoms with van der Waals surface area (Å²) in [6.45, 7) is 9.01. The molecular formula is C32H41N3O6S. The van der Waals surface area contributed by atoms with Crippen molar-refractivity contribution in [3.05, 3.63) is 83.9 Å². The Hall–Kier alpha value is -4.05. The van der Waals surface area contributed by atoms with Gasteiger partial charge in [0.1, 0.15) is 24.1 Å². The average molecular weight is 596 g/mol. The molecule has 9 nitrogen and oxygen atoms in total. The molecule has 0 radical (unpaired) electrons. The molecule has 3 aromatic rings. The quantitative estimate of drug-likeness (QED) is 0.283. The Bertz CT molecular complexity index is 1440. The summed E-state index contributed by atoms with van der Waals surface area (Å²) in [4.78, 5) is 28.8. The van der Waals surface area contributed by atoms with E-state index in [0.29, 0.717) is 18.1 Å². The summed E-state index contributed by atoms with van der Waals surface area (Å²) < 4.78 is 40.2. The number of amides is 2. The summed E-state index contributed by atoms with van der Waals surface area (Å²) >= 11 is 0. The molecule has 2 atom stereocenters. The standard InChI is InChI=1S/C32H41N3O6S/c1-7-24(4)33-32(37)25(5)34(21-26-15-17-27(40-6)18-16-26)31(36)22-35(29-11-9-10-12-30(29)41-8-2)42(38,39)28-19-13-23(3)14-20-28/h9-20,24-25H,7-8,21-22H2,1-6H3,(H,33,37)/t24-,25+/m0/s1. The van der Waals surface area contributed by atoms with Gasteiger partial charge in [-0.2, -0.15) is 0 Å². The number of aryl methyl sites for hydroxylation is 1. The molecule has 2 amide bonds. The fourth-order valence-corrected chi connectivity index (χ4v) is 5.69. The number of nitrogens with zero attached hydrogens (tertiary/aromatic N) is 2. The van der Waals surface area contributed by atoms with Crippen LogP contribution < -0.4 is 19.1 Å². The van der Waals surface area contributed by atoms with Crippen molar-refractivity contribution in [2.45, 2.75) is 64.6 Å². The molecule has 3 rings (SSSR count). The van der Waals surface area contributed by atoms with Gasteiger partial charge in [-0.05, 0) is 76.1 Å². The number of benzene rings is 3. The molecule has 3 aromatic carbocycles. The number of hydrogen-bond donors (Lipinski definition) is 1. The van der Waals surface area contributed by atoms with Crippen LogP contribution in [0.2, 0.25) is 0 Å². The number of hydrogen-bond acceptors (Lipinski definition) is 6. The van der Waals surface area contributed by atoms with E-state index in [2.05, 4.69) is 5.32 Å². The highest BCUT2D eigenvalue weighted by molar-refractivity contribution is 7.92. The van der Waals surface area contributed by atoms with Crippen LogP contribution in [0.3, 0.4) is 0 Å². The van der Waals surface area contributed by atoms with E-state index in [1.54, 1.807) is 69.5 Å². The van der Waals surface area contributed by atoms with E-state index in [0.717, 1.165) is 21.9 Å². The maximum atomic E-state index is 14.1. The van der Waals surface area contributed by atoms with Gasteiger partial charge in [0.25, 0.3) is 10.0 Å². The largest absolute Gasteiger partial charge is 0.497 e. The molecule has 10 heteroatoms. The van der Waals surface area contributed by atoms with Gasteiger partial charge in [0.2, 0.25) is 11.8 Å². The fraction of sp³-hybridized carbons (Fsp3) is 0.375. The first kappa shape index (κ1) is 32.5. The second-order valence-corrected chi connectivity index (χ2v) is 12.0. The summed E-state index contributed by atoms with van der Waals surface area (Å²) in [6, 6.07) is 19.4. The predicted molar refractivity (Wildman–Crippen MR) is 164 cm³/mol. The van der Waals surface area contributed by atoms with Gasteiger partial charge >= 0.3 is 0 Å². The lowest BCUT2D eigenvalue weighted by Gasteiger charge is -2.33. The van der Waals surface area contributed by atoms with Crippen LogP contribution in [0.1, 0.15) is 45.2 Å². The van der Waals surface area contributed by atoms with Crippen LogP contribution in [0.25, 0.3) is 0 Å². The molecule has 0 spiro atoms. The van der Waals surface area contributed by atoms with E-state index in [1.165, 1.54) is 17.0 Å². The molecule has 42 heavy (non-hydrogen) atoms. The molecule has 0 unspecified atom stereocenters. The zero-order valence-electron chi connectivity index (χ0n) is 25.2. The molecular weight excluding hydrogens is 554 g/mol. The van der Waals surface area contributed by atoms with Gasteiger partial charge in [-0.15, -0.1) is 0 Å². The van der Waals surface area contributed by atoms with Gasteiger partial charge in [-0.1, -0.05) is 48.9 Å². The minimum absolute atomic E-state index is 0.0384. The van der Waals surface area contributed by atoms with E-state index >= 15 is 0 Å². The van der Waals surface area contributed by atoms with Crippen molar-refractivity contribution in [3.63, 3.8) is 0 Å². The maximum absolute atomic E-state index is 14.1. The lowest BCUT2D eigenvalue weighted by Crippen LogP contribution is -2.52. The highest BCUT2D eigenvalue weighted by Gasteiger charge is 2.34. The van der Waals surface area contributed by atoms with Gasteiger partial charge in [-0.25, -0.2) is 8.42 Å². The monoisotopic (exact) mass is 595 g/mol. The molecule has 0 aliphatic rings. The Balaban J connectivity index is 2.07. The van der Waals surface area contributed by atoms with Gasteiger partial charge in [-0.3, -0.25) is 13.9 Å². The molecule has 0 bridgehead atoms. The minimum atomic E-state index is -4.20. The number of carbonyl (C=O) groups is 2. The third-order valence-electron chi connectivity index (χ3n) is 7.00. The van der Waals surface area contributed by atoms with E-state index in [9.17, 15) is 18.0 Å². The highest BCUT2D eigenvalue weighted by Crippen LogP contribution is 2.33. The number of sulfonamides is 1.